The molecule has 0 aromatic rings. The quantitative estimate of drug-likeness (QED) is 0.0149. The molecular formula is C47H83O12P. The lowest BCUT2D eigenvalue weighted by Crippen LogP contribution is -2.64. The molecule has 0 saturated heterocycles. The summed E-state index contributed by atoms with van der Waals surface area (Å²) in [5, 5.41) is 50.2. The van der Waals surface area contributed by atoms with Crippen LogP contribution in [0.3, 0.4) is 0 Å². The minimum atomic E-state index is -5.02. The number of phosphoric ester groups is 1. The minimum absolute atomic E-state index is 0.0866. The fourth-order valence-electron chi connectivity index (χ4n) is 6.68. The number of allylic oxidation sites excluding steroid dienone is 10. The molecule has 1 aliphatic carbocycles. The predicted molar refractivity (Wildman–Crippen MR) is 239 cm³/mol. The average Bonchev–Trinajstić information content (AvgIpc) is 3.23. The number of ether oxygens (including phenoxy) is 2. The molecule has 0 spiro atoms. The van der Waals surface area contributed by atoms with Gasteiger partial charge in [-0.2, -0.15) is 0 Å². The molecule has 1 aliphatic rings. The number of carbonyl (C=O) groups excluding carboxylic acids is 1. The lowest BCUT2D eigenvalue weighted by molar-refractivity contribution is -0.220. The Morgan fingerprint density at radius 2 is 0.983 bits per heavy atom. The third-order valence-corrected chi connectivity index (χ3v) is 11.4. The van der Waals surface area contributed by atoms with Crippen molar-refractivity contribution in [2.24, 2.45) is 0 Å². The van der Waals surface area contributed by atoms with Crippen LogP contribution >= 0.6 is 7.82 Å². The maximum Gasteiger partial charge on any atom is 0.472 e. The van der Waals surface area contributed by atoms with Gasteiger partial charge < -0.3 is 39.9 Å². The van der Waals surface area contributed by atoms with Crippen molar-refractivity contribution in [1.29, 1.82) is 0 Å². The molecule has 12 nitrogen and oxygen atoms in total. The van der Waals surface area contributed by atoms with Crippen LogP contribution in [-0.2, 0) is 27.9 Å². The third kappa shape index (κ3) is 29.4. The molecule has 60 heavy (non-hydrogen) atoms. The second-order valence-corrected chi connectivity index (χ2v) is 17.3. The molecule has 6 unspecified atom stereocenters. The van der Waals surface area contributed by atoms with E-state index in [0.717, 1.165) is 96.3 Å². The van der Waals surface area contributed by atoms with Crippen molar-refractivity contribution in [3.63, 3.8) is 0 Å². The van der Waals surface area contributed by atoms with E-state index in [-0.39, 0.29) is 13.0 Å². The van der Waals surface area contributed by atoms with Crippen molar-refractivity contribution < 1.29 is 58.3 Å². The smallest absolute Gasteiger partial charge is 0.457 e. The van der Waals surface area contributed by atoms with Crippen LogP contribution < -0.4 is 0 Å². The first-order valence-electron chi connectivity index (χ1n) is 23.1. The zero-order chi connectivity index (χ0) is 44.1. The van der Waals surface area contributed by atoms with Crippen LogP contribution in [0.4, 0.5) is 0 Å². The van der Waals surface area contributed by atoms with E-state index in [2.05, 4.69) is 74.6 Å². The van der Waals surface area contributed by atoms with Crippen LogP contribution in [0, 0.1) is 0 Å². The first-order chi connectivity index (χ1) is 29.0. The maximum atomic E-state index is 12.8. The number of hydrogen-bond acceptors (Lipinski definition) is 11. The highest BCUT2D eigenvalue weighted by Crippen LogP contribution is 2.47. The summed E-state index contributed by atoms with van der Waals surface area (Å²) in [7, 11) is -5.02. The Labute approximate surface area is 362 Å². The highest BCUT2D eigenvalue weighted by atomic mass is 31.2. The molecule has 6 atom stereocenters. The number of aliphatic hydroxyl groups is 5. The molecule has 1 rings (SSSR count). The van der Waals surface area contributed by atoms with E-state index in [9.17, 15) is 39.8 Å². The van der Waals surface area contributed by atoms with Gasteiger partial charge >= 0.3 is 13.8 Å². The number of rotatable bonds is 38. The van der Waals surface area contributed by atoms with Gasteiger partial charge in [0.25, 0.3) is 0 Å². The van der Waals surface area contributed by atoms with Gasteiger partial charge in [-0.25, -0.2) is 4.57 Å². The number of carbonyl (C=O) groups is 1. The summed E-state index contributed by atoms with van der Waals surface area (Å²) in [6, 6.07) is 0. The van der Waals surface area contributed by atoms with Crippen LogP contribution in [0.2, 0.25) is 0 Å². The van der Waals surface area contributed by atoms with Crippen LogP contribution in [-0.4, -0.2) is 98.9 Å². The molecule has 0 aliphatic heterocycles. The Hall–Kier alpha value is -1.96. The van der Waals surface area contributed by atoms with Crippen molar-refractivity contribution in [2.75, 3.05) is 19.8 Å². The summed E-state index contributed by atoms with van der Waals surface area (Å²) in [5.41, 5.74) is 0. The fourth-order valence-corrected chi connectivity index (χ4v) is 7.65. The summed E-state index contributed by atoms with van der Waals surface area (Å²) >= 11 is 0. The minimum Gasteiger partial charge on any atom is -0.457 e. The number of esters is 1. The normalized spacial score (nSPS) is 22.9. The van der Waals surface area contributed by atoms with E-state index < -0.39 is 63.1 Å². The van der Waals surface area contributed by atoms with E-state index in [4.69, 9.17) is 18.5 Å². The molecule has 0 aromatic heterocycles. The Bertz CT molecular complexity index is 1220. The molecule has 0 bridgehead atoms. The summed E-state index contributed by atoms with van der Waals surface area (Å²) in [6.45, 7) is 4.08. The topological polar surface area (TPSA) is 192 Å². The lowest BCUT2D eigenvalue weighted by Gasteiger charge is -2.41. The molecule has 0 amide bonds. The van der Waals surface area contributed by atoms with Gasteiger partial charge in [-0.1, -0.05) is 152 Å². The maximum absolute atomic E-state index is 12.8. The van der Waals surface area contributed by atoms with Gasteiger partial charge in [0.2, 0.25) is 0 Å². The molecule has 348 valence electrons. The van der Waals surface area contributed by atoms with E-state index in [1.165, 1.54) is 44.9 Å². The van der Waals surface area contributed by atoms with Crippen LogP contribution in [0.15, 0.2) is 60.8 Å². The summed E-state index contributed by atoms with van der Waals surface area (Å²) in [4.78, 5) is 23.1. The monoisotopic (exact) mass is 871 g/mol. The fraction of sp³-hybridized carbons (Fsp3) is 0.766. The van der Waals surface area contributed by atoms with Crippen molar-refractivity contribution >= 4 is 13.8 Å². The van der Waals surface area contributed by atoms with Gasteiger partial charge in [-0.15, -0.1) is 0 Å². The Morgan fingerprint density at radius 3 is 1.52 bits per heavy atom. The Kier molecular flexibility index (Phi) is 35.1. The largest absolute Gasteiger partial charge is 0.472 e. The molecule has 6 N–H and O–H groups in total. The standard InChI is InChI=1S/C47H83O12P/c1-3-5-7-9-11-13-15-17-18-19-20-21-22-23-24-25-26-28-30-32-34-36-41(48)58-40(38-56-37-35-33-31-29-27-16-14-12-10-8-6-4-2)39-57-60(54,55)59-47-45(52)43(50)42(49)44(51)46(47)53/h5,7,10-13,17-18,20-21,40,42-47,49-53H,3-4,6,8-9,14-16,19,22-39H2,1-2H3,(H,54,55)/b7-5-,12-10-,13-11-,18-17-,21-20-. The third-order valence-electron chi connectivity index (χ3n) is 10.4. The first-order valence-corrected chi connectivity index (χ1v) is 24.6. The van der Waals surface area contributed by atoms with Crippen molar-refractivity contribution in [1.82, 2.24) is 0 Å². The second kappa shape index (κ2) is 37.6. The highest BCUT2D eigenvalue weighted by molar-refractivity contribution is 7.47. The molecule has 1 saturated carbocycles. The molecule has 0 aromatic carbocycles. The Balaban J connectivity index is 2.38. The first kappa shape index (κ1) is 56.1. The van der Waals surface area contributed by atoms with Gasteiger partial charge in [-0.05, 0) is 70.6 Å². The summed E-state index contributed by atoms with van der Waals surface area (Å²) in [6.07, 6.45) is 34.3. The highest BCUT2D eigenvalue weighted by Gasteiger charge is 2.51. The van der Waals surface area contributed by atoms with Crippen LogP contribution in [0.25, 0.3) is 0 Å². The van der Waals surface area contributed by atoms with Gasteiger partial charge in [0.15, 0.2) is 0 Å². The molecule has 13 heteroatoms. The SMILES string of the molecule is CC/C=C\C/C=C\C/C=C\C/C=C\CCCCCCCCCCC(=O)OC(COCCCCCCCC/C=C\CCCC)COP(=O)(O)OC1C(O)C(O)C(O)C(O)C1O. The van der Waals surface area contributed by atoms with Crippen LogP contribution in [0.5, 0.6) is 0 Å². The number of aliphatic hydroxyl groups excluding tert-OH is 5. The van der Waals surface area contributed by atoms with Crippen LogP contribution in [0.1, 0.15) is 168 Å². The molecule has 0 radical (unpaired) electrons. The second-order valence-electron chi connectivity index (χ2n) is 15.9. The zero-order valence-corrected chi connectivity index (χ0v) is 37.9. The van der Waals surface area contributed by atoms with Gasteiger partial charge in [0.05, 0.1) is 13.2 Å². The molecular weight excluding hydrogens is 787 g/mol. The number of unbranched alkanes of at least 4 members (excludes halogenated alkanes) is 16. The molecule has 0 heterocycles. The van der Waals surface area contributed by atoms with Crippen molar-refractivity contribution in [3.05, 3.63) is 60.8 Å². The summed E-state index contributed by atoms with van der Waals surface area (Å²) in [5.74, 6) is -0.490. The van der Waals surface area contributed by atoms with Gasteiger partial charge in [-0.3, -0.25) is 13.8 Å². The van der Waals surface area contributed by atoms with Crippen molar-refractivity contribution in [3.8, 4) is 0 Å². The number of hydrogen-bond donors (Lipinski definition) is 6. The zero-order valence-electron chi connectivity index (χ0n) is 37.0. The van der Waals surface area contributed by atoms with Gasteiger partial charge in [0, 0.05) is 13.0 Å². The lowest BCUT2D eigenvalue weighted by atomic mass is 9.85. The number of phosphoric acid groups is 1. The van der Waals surface area contributed by atoms with E-state index in [1.807, 2.05) is 0 Å². The average molecular weight is 871 g/mol. The van der Waals surface area contributed by atoms with E-state index >= 15 is 0 Å². The predicted octanol–water partition coefficient (Wildman–Crippen LogP) is 9.42. The van der Waals surface area contributed by atoms with E-state index in [1.54, 1.807) is 0 Å². The van der Waals surface area contributed by atoms with E-state index in [0.29, 0.717) is 13.0 Å². The molecule has 1 fully saturated rings. The summed E-state index contributed by atoms with van der Waals surface area (Å²) < 4.78 is 34.1. The Morgan fingerprint density at radius 1 is 0.550 bits per heavy atom. The van der Waals surface area contributed by atoms with Crippen molar-refractivity contribution in [2.45, 2.75) is 211 Å². The van der Waals surface area contributed by atoms with Gasteiger partial charge in [0.1, 0.15) is 42.7 Å².